The number of nitrogens with one attached hydrogen (secondary N) is 1. The average molecular weight is 508 g/mol. The number of hydrogen-bond donors (Lipinski definition) is 2. The highest BCUT2D eigenvalue weighted by Crippen LogP contribution is 2.43. The van der Waals surface area contributed by atoms with Crippen molar-refractivity contribution in [3.63, 3.8) is 0 Å². The quantitative estimate of drug-likeness (QED) is 0.542. The summed E-state index contributed by atoms with van der Waals surface area (Å²) in [6.07, 6.45) is 8.95. The third-order valence-corrected chi connectivity index (χ3v) is 8.90. The smallest absolute Gasteiger partial charge is 0.263 e. The van der Waals surface area contributed by atoms with Crippen molar-refractivity contribution < 1.29 is 9.90 Å². The SMILES string of the molecule is CN(C)C(=O)c1sc2cnc(Nc3ccc(N4CCN5C[C@H](O)C[C@H]5C4)cn3)nc2c1C1CCCC1. The summed E-state index contributed by atoms with van der Waals surface area (Å²) in [5.41, 5.74) is 3.07. The Morgan fingerprint density at radius 3 is 2.72 bits per heavy atom. The molecule has 1 saturated carbocycles. The predicted octanol–water partition coefficient (Wildman–Crippen LogP) is 3.44. The molecule has 1 aliphatic carbocycles. The minimum atomic E-state index is -0.202. The average Bonchev–Trinajstić information content (AvgIpc) is 3.60. The lowest BCUT2D eigenvalue weighted by atomic mass is 9.96. The number of fused-ring (bicyclic) bond motifs is 2. The summed E-state index contributed by atoms with van der Waals surface area (Å²) in [6, 6.07) is 4.46. The van der Waals surface area contributed by atoms with Crippen LogP contribution in [-0.4, -0.2) is 88.2 Å². The van der Waals surface area contributed by atoms with Crippen molar-refractivity contribution >= 4 is 44.9 Å². The lowest BCUT2D eigenvalue weighted by Gasteiger charge is -2.38. The van der Waals surface area contributed by atoms with Crippen molar-refractivity contribution in [3.05, 3.63) is 35.0 Å². The molecule has 6 rings (SSSR count). The van der Waals surface area contributed by atoms with Crippen molar-refractivity contribution in [1.29, 1.82) is 0 Å². The molecule has 2 aliphatic heterocycles. The van der Waals surface area contributed by atoms with Gasteiger partial charge in [-0.15, -0.1) is 11.3 Å². The van der Waals surface area contributed by atoms with Crippen molar-refractivity contribution in [2.24, 2.45) is 0 Å². The van der Waals surface area contributed by atoms with Crippen LogP contribution >= 0.6 is 11.3 Å². The lowest BCUT2D eigenvalue weighted by molar-refractivity contribution is 0.0831. The van der Waals surface area contributed by atoms with E-state index < -0.39 is 0 Å². The molecule has 2 saturated heterocycles. The van der Waals surface area contributed by atoms with E-state index in [0.29, 0.717) is 23.7 Å². The summed E-state index contributed by atoms with van der Waals surface area (Å²) in [7, 11) is 3.60. The normalized spacial score (nSPS) is 22.8. The number of rotatable bonds is 5. The van der Waals surface area contributed by atoms with Crippen LogP contribution in [0.3, 0.4) is 0 Å². The van der Waals surface area contributed by atoms with Gasteiger partial charge in [-0.1, -0.05) is 12.8 Å². The van der Waals surface area contributed by atoms with Crippen LogP contribution in [0.2, 0.25) is 0 Å². The first-order valence-corrected chi connectivity index (χ1v) is 13.7. The fourth-order valence-corrected chi connectivity index (χ4v) is 7.16. The third kappa shape index (κ3) is 4.42. The van der Waals surface area contributed by atoms with Crippen LogP contribution in [0.15, 0.2) is 24.5 Å². The molecule has 36 heavy (non-hydrogen) atoms. The molecule has 10 heteroatoms. The van der Waals surface area contributed by atoms with Crippen molar-refractivity contribution in [2.45, 2.75) is 50.2 Å². The Labute approximate surface area is 215 Å². The number of hydrogen-bond acceptors (Lipinski definition) is 9. The minimum absolute atomic E-state index is 0.0413. The Balaban J connectivity index is 1.22. The summed E-state index contributed by atoms with van der Waals surface area (Å²) < 4.78 is 0.951. The number of amides is 1. The largest absolute Gasteiger partial charge is 0.392 e. The molecule has 3 aliphatic rings. The molecule has 2 atom stereocenters. The number of aromatic nitrogens is 3. The molecule has 0 unspecified atom stereocenters. The van der Waals surface area contributed by atoms with E-state index in [9.17, 15) is 9.90 Å². The first-order chi connectivity index (χ1) is 17.5. The fraction of sp³-hybridized carbons (Fsp3) is 0.538. The number of nitrogens with zero attached hydrogens (tertiary/aromatic N) is 6. The lowest BCUT2D eigenvalue weighted by Crippen LogP contribution is -2.50. The van der Waals surface area contributed by atoms with E-state index in [1.165, 1.54) is 24.2 Å². The maximum atomic E-state index is 13.0. The monoisotopic (exact) mass is 507 g/mol. The van der Waals surface area contributed by atoms with Gasteiger partial charge in [0.25, 0.3) is 5.91 Å². The zero-order chi connectivity index (χ0) is 24.8. The molecule has 5 heterocycles. The summed E-state index contributed by atoms with van der Waals surface area (Å²) in [4.78, 5) is 34.2. The highest BCUT2D eigenvalue weighted by Gasteiger charge is 2.35. The zero-order valence-electron chi connectivity index (χ0n) is 20.9. The number of aliphatic hydroxyl groups excluding tert-OH is 1. The van der Waals surface area contributed by atoms with Gasteiger partial charge in [0.05, 0.1) is 39.3 Å². The van der Waals surface area contributed by atoms with Gasteiger partial charge in [-0.25, -0.2) is 15.0 Å². The van der Waals surface area contributed by atoms with Crippen LogP contribution in [0.5, 0.6) is 0 Å². The van der Waals surface area contributed by atoms with Crippen LogP contribution in [0.25, 0.3) is 10.2 Å². The van der Waals surface area contributed by atoms with Gasteiger partial charge in [0, 0.05) is 51.9 Å². The highest BCUT2D eigenvalue weighted by atomic mass is 32.1. The zero-order valence-corrected chi connectivity index (χ0v) is 21.7. The van der Waals surface area contributed by atoms with Crippen LogP contribution in [0, 0.1) is 0 Å². The van der Waals surface area contributed by atoms with Gasteiger partial charge in [0.15, 0.2) is 0 Å². The van der Waals surface area contributed by atoms with E-state index in [2.05, 4.69) is 31.2 Å². The molecular weight excluding hydrogens is 474 g/mol. The summed E-state index contributed by atoms with van der Waals surface area (Å²) >= 11 is 1.50. The number of aliphatic hydroxyl groups is 1. The fourth-order valence-electron chi connectivity index (χ4n) is 5.94. The Hall–Kier alpha value is -2.82. The number of piperazine rings is 1. The van der Waals surface area contributed by atoms with Crippen LogP contribution in [0.4, 0.5) is 17.5 Å². The molecule has 0 aromatic carbocycles. The first kappa shape index (κ1) is 23.6. The Morgan fingerprint density at radius 2 is 1.97 bits per heavy atom. The number of thiophene rings is 1. The van der Waals surface area contributed by atoms with E-state index in [0.717, 1.165) is 71.8 Å². The number of anilines is 3. The van der Waals surface area contributed by atoms with Gasteiger partial charge < -0.3 is 20.2 Å². The van der Waals surface area contributed by atoms with Gasteiger partial charge >= 0.3 is 0 Å². The van der Waals surface area contributed by atoms with Crippen LogP contribution in [0.1, 0.15) is 53.3 Å². The molecule has 3 aromatic heterocycles. The summed E-state index contributed by atoms with van der Waals surface area (Å²) in [5.74, 6) is 1.60. The molecule has 0 spiro atoms. The molecule has 0 bridgehead atoms. The Bertz CT molecular complexity index is 1260. The highest BCUT2D eigenvalue weighted by molar-refractivity contribution is 7.21. The predicted molar refractivity (Wildman–Crippen MR) is 142 cm³/mol. The maximum absolute atomic E-state index is 13.0. The Morgan fingerprint density at radius 1 is 1.14 bits per heavy atom. The molecule has 1 amide bonds. The minimum Gasteiger partial charge on any atom is -0.392 e. The summed E-state index contributed by atoms with van der Waals surface area (Å²) in [5, 5.41) is 13.2. The van der Waals surface area contributed by atoms with E-state index in [1.54, 1.807) is 19.0 Å². The van der Waals surface area contributed by atoms with Gasteiger partial charge in [-0.2, -0.15) is 0 Å². The van der Waals surface area contributed by atoms with E-state index in [4.69, 9.17) is 4.98 Å². The number of pyridine rings is 1. The molecule has 9 nitrogen and oxygen atoms in total. The summed E-state index contributed by atoms with van der Waals surface area (Å²) in [6.45, 7) is 3.62. The van der Waals surface area contributed by atoms with E-state index in [1.807, 2.05) is 18.5 Å². The third-order valence-electron chi connectivity index (χ3n) is 7.78. The molecule has 3 fully saturated rings. The van der Waals surface area contributed by atoms with E-state index in [-0.39, 0.29) is 12.0 Å². The second-order valence-electron chi connectivity index (χ2n) is 10.4. The van der Waals surface area contributed by atoms with Gasteiger partial charge in [-0.05, 0) is 37.3 Å². The van der Waals surface area contributed by atoms with Crippen molar-refractivity contribution in [1.82, 2.24) is 24.8 Å². The molecule has 190 valence electrons. The van der Waals surface area contributed by atoms with Gasteiger partial charge in [0.2, 0.25) is 5.95 Å². The standard InChI is InChI=1S/C26H33N7O2S/c1-31(2)25(35)24-22(16-5-3-4-6-16)23-20(36-24)13-28-26(30-23)29-21-8-7-17(12-27-21)32-9-10-33-15-19(34)11-18(33)14-32/h7-8,12-13,16,18-19,34H,3-6,9-11,14-15H2,1-2H3,(H,27,28,29,30)/t18-,19+/m0/s1. The number of carbonyl (C=O) groups is 1. The van der Waals surface area contributed by atoms with Gasteiger partial charge in [-0.3, -0.25) is 9.69 Å². The maximum Gasteiger partial charge on any atom is 0.263 e. The van der Waals surface area contributed by atoms with Crippen LogP contribution < -0.4 is 10.2 Å². The molecule has 2 N–H and O–H groups in total. The molecule has 0 radical (unpaired) electrons. The molecular formula is C26H33N7O2S. The second-order valence-corrected chi connectivity index (χ2v) is 11.5. The van der Waals surface area contributed by atoms with E-state index >= 15 is 0 Å². The first-order valence-electron chi connectivity index (χ1n) is 12.9. The van der Waals surface area contributed by atoms with Gasteiger partial charge in [0.1, 0.15) is 5.82 Å². The van der Waals surface area contributed by atoms with Crippen molar-refractivity contribution in [2.75, 3.05) is 50.5 Å². The topological polar surface area (TPSA) is 97.7 Å². The second kappa shape index (κ2) is 9.57. The number of carbonyl (C=O) groups excluding carboxylic acids is 1. The molecule has 3 aromatic rings. The Kier molecular flexibility index (Phi) is 6.27. The van der Waals surface area contributed by atoms with Crippen LogP contribution in [-0.2, 0) is 0 Å². The van der Waals surface area contributed by atoms with Crippen molar-refractivity contribution in [3.8, 4) is 0 Å².